The fraction of sp³-hybridized carbons (Fsp3) is 0.286. The number of hydrogen-bond acceptors (Lipinski definition) is 5. The molecule has 0 spiro atoms. The Hall–Kier alpha value is -3.27. The van der Waals surface area contributed by atoms with E-state index in [1.54, 1.807) is 50.2 Å². The number of benzene rings is 3. The number of amides is 2. The number of ether oxygens (including phenoxy) is 1. The third-order valence-corrected chi connectivity index (χ3v) is 8.43. The lowest BCUT2D eigenvalue weighted by molar-refractivity contribution is -0.139. The normalized spacial score (nSPS) is 11.9. The number of methoxy groups -OCH3 is 1. The number of carbonyl (C=O) groups is 2. The van der Waals surface area contributed by atoms with Crippen molar-refractivity contribution in [1.29, 1.82) is 0 Å². The van der Waals surface area contributed by atoms with Crippen molar-refractivity contribution >= 4 is 50.7 Å². The van der Waals surface area contributed by atoms with Gasteiger partial charge in [0.05, 0.1) is 22.7 Å². The van der Waals surface area contributed by atoms with Gasteiger partial charge in [-0.25, -0.2) is 8.42 Å². The minimum atomic E-state index is -4.20. The van der Waals surface area contributed by atoms with Crippen LogP contribution < -0.4 is 14.4 Å². The molecule has 1 N–H and O–H groups in total. The number of rotatable bonds is 11. The van der Waals surface area contributed by atoms with Gasteiger partial charge in [-0.15, -0.1) is 0 Å². The van der Waals surface area contributed by atoms with Crippen LogP contribution in [-0.2, 0) is 26.2 Å². The smallest absolute Gasteiger partial charge is 0.264 e. The highest BCUT2D eigenvalue weighted by Crippen LogP contribution is 2.32. The Balaban J connectivity index is 2.06. The SMILES string of the molecule is CCNC(=O)[C@@H](C)N(Cc1ccc(Cl)cc1)C(=O)CN(c1ccc(OC)c(Cl)c1)S(=O)(=O)c1ccc(C)cc1. The van der Waals surface area contributed by atoms with Gasteiger partial charge in [-0.05, 0) is 68.8 Å². The second kappa shape index (κ2) is 13.2. The van der Waals surface area contributed by atoms with Crippen molar-refractivity contribution in [2.75, 3.05) is 24.5 Å². The maximum absolute atomic E-state index is 13.9. The highest BCUT2D eigenvalue weighted by atomic mass is 35.5. The van der Waals surface area contributed by atoms with Gasteiger partial charge >= 0.3 is 0 Å². The monoisotopic (exact) mass is 591 g/mol. The Bertz CT molecular complexity index is 1410. The maximum Gasteiger partial charge on any atom is 0.264 e. The molecule has 0 aromatic heterocycles. The first-order chi connectivity index (χ1) is 18.5. The van der Waals surface area contributed by atoms with E-state index >= 15 is 0 Å². The van der Waals surface area contributed by atoms with Crippen LogP contribution >= 0.6 is 23.2 Å². The van der Waals surface area contributed by atoms with Gasteiger partial charge in [-0.2, -0.15) is 0 Å². The molecule has 39 heavy (non-hydrogen) atoms. The topological polar surface area (TPSA) is 96.0 Å². The number of halogens is 2. The highest BCUT2D eigenvalue weighted by molar-refractivity contribution is 7.92. The van der Waals surface area contributed by atoms with Crippen molar-refractivity contribution in [2.24, 2.45) is 0 Å². The minimum absolute atomic E-state index is 0.00821. The van der Waals surface area contributed by atoms with Crippen LogP contribution in [0.3, 0.4) is 0 Å². The molecule has 208 valence electrons. The van der Waals surface area contributed by atoms with Gasteiger partial charge in [0, 0.05) is 18.1 Å². The number of sulfonamides is 1. The number of likely N-dealkylation sites (N-methyl/N-ethyl adjacent to an activating group) is 1. The molecule has 0 aliphatic carbocycles. The molecule has 0 heterocycles. The molecule has 0 fully saturated rings. The average molecular weight is 593 g/mol. The van der Waals surface area contributed by atoms with Gasteiger partial charge in [-0.3, -0.25) is 13.9 Å². The molecule has 11 heteroatoms. The van der Waals surface area contributed by atoms with Crippen molar-refractivity contribution in [3.8, 4) is 5.75 Å². The molecule has 0 saturated heterocycles. The van der Waals surface area contributed by atoms with E-state index < -0.39 is 28.5 Å². The first-order valence-corrected chi connectivity index (χ1v) is 14.4. The van der Waals surface area contributed by atoms with Gasteiger partial charge in [0.2, 0.25) is 11.8 Å². The Morgan fingerprint density at radius 2 is 1.64 bits per heavy atom. The van der Waals surface area contributed by atoms with Crippen LogP contribution in [0.1, 0.15) is 25.0 Å². The number of aryl methyl sites for hydroxylation is 1. The van der Waals surface area contributed by atoms with E-state index in [9.17, 15) is 18.0 Å². The third-order valence-electron chi connectivity index (χ3n) is 6.10. The molecule has 2 amide bonds. The van der Waals surface area contributed by atoms with Crippen LogP contribution in [0, 0.1) is 6.92 Å². The number of nitrogens with one attached hydrogen (secondary N) is 1. The van der Waals surface area contributed by atoms with Gasteiger partial charge < -0.3 is 15.0 Å². The quantitative estimate of drug-likeness (QED) is 0.336. The van der Waals surface area contributed by atoms with Crippen molar-refractivity contribution in [3.63, 3.8) is 0 Å². The van der Waals surface area contributed by atoms with Crippen molar-refractivity contribution in [1.82, 2.24) is 10.2 Å². The minimum Gasteiger partial charge on any atom is -0.495 e. The van der Waals surface area contributed by atoms with E-state index in [0.29, 0.717) is 17.3 Å². The summed E-state index contributed by atoms with van der Waals surface area (Å²) in [7, 11) is -2.76. The predicted molar refractivity (Wildman–Crippen MR) is 154 cm³/mol. The molecular formula is C28H31Cl2N3O5S. The second-order valence-corrected chi connectivity index (χ2v) is 11.6. The first kappa shape index (κ1) is 30.3. The zero-order valence-corrected chi connectivity index (χ0v) is 24.5. The number of hydrogen-bond donors (Lipinski definition) is 1. The average Bonchev–Trinajstić information content (AvgIpc) is 2.91. The molecule has 0 saturated carbocycles. The molecule has 8 nitrogen and oxygen atoms in total. The summed E-state index contributed by atoms with van der Waals surface area (Å²) in [4.78, 5) is 28.0. The van der Waals surface area contributed by atoms with Crippen LogP contribution in [0.4, 0.5) is 5.69 Å². The van der Waals surface area contributed by atoms with E-state index in [4.69, 9.17) is 27.9 Å². The second-order valence-electron chi connectivity index (χ2n) is 8.86. The number of nitrogens with zero attached hydrogens (tertiary/aromatic N) is 2. The zero-order chi connectivity index (χ0) is 28.7. The summed E-state index contributed by atoms with van der Waals surface area (Å²) in [5.74, 6) is -0.583. The molecule has 3 aromatic rings. The van der Waals surface area contributed by atoms with Crippen LogP contribution in [-0.4, -0.2) is 51.4 Å². The Kier molecular flexibility index (Phi) is 10.2. The molecule has 3 aromatic carbocycles. The third kappa shape index (κ3) is 7.44. The summed E-state index contributed by atoms with van der Waals surface area (Å²) in [5, 5.41) is 3.43. The maximum atomic E-state index is 13.9. The zero-order valence-electron chi connectivity index (χ0n) is 22.1. The van der Waals surface area contributed by atoms with E-state index in [2.05, 4.69) is 5.32 Å². The highest BCUT2D eigenvalue weighted by Gasteiger charge is 2.32. The first-order valence-electron chi connectivity index (χ1n) is 12.2. The predicted octanol–water partition coefficient (Wildman–Crippen LogP) is 5.06. The largest absolute Gasteiger partial charge is 0.495 e. The standard InChI is InChI=1S/C28H31Cl2N3O5S/c1-5-31-28(35)20(3)32(17-21-8-10-22(29)11-9-21)27(34)18-33(23-12-15-26(38-4)25(30)16-23)39(36,37)24-13-6-19(2)7-14-24/h6-16,20H,5,17-18H2,1-4H3,(H,31,35)/t20-/m1/s1. The molecule has 3 rings (SSSR count). The van der Waals surface area contributed by atoms with E-state index in [0.717, 1.165) is 15.4 Å². The van der Waals surface area contributed by atoms with Gasteiger partial charge in [0.15, 0.2) is 0 Å². The fourth-order valence-electron chi connectivity index (χ4n) is 3.87. The van der Waals surface area contributed by atoms with Gasteiger partial charge in [-0.1, -0.05) is 53.0 Å². The van der Waals surface area contributed by atoms with Gasteiger partial charge in [0.25, 0.3) is 10.0 Å². The lowest BCUT2D eigenvalue weighted by Crippen LogP contribution is -2.51. The summed E-state index contributed by atoms with van der Waals surface area (Å²) in [6.07, 6.45) is 0. The van der Waals surface area contributed by atoms with Crippen molar-refractivity contribution in [2.45, 2.75) is 38.3 Å². The fourth-order valence-corrected chi connectivity index (χ4v) is 5.65. The Labute approximate surface area is 239 Å². The summed E-state index contributed by atoms with van der Waals surface area (Å²) in [6, 6.07) is 16.8. The summed E-state index contributed by atoms with van der Waals surface area (Å²) >= 11 is 12.3. The Morgan fingerprint density at radius 1 is 1.00 bits per heavy atom. The molecule has 0 aliphatic rings. The van der Waals surface area contributed by atoms with Crippen LogP contribution in [0.2, 0.25) is 10.0 Å². The van der Waals surface area contributed by atoms with E-state index in [-0.39, 0.29) is 28.1 Å². The van der Waals surface area contributed by atoms with Crippen LogP contribution in [0.15, 0.2) is 71.6 Å². The van der Waals surface area contributed by atoms with Crippen molar-refractivity contribution < 1.29 is 22.7 Å². The summed E-state index contributed by atoms with van der Waals surface area (Å²) in [5.41, 5.74) is 1.78. The Morgan fingerprint density at radius 3 is 2.21 bits per heavy atom. The van der Waals surface area contributed by atoms with Crippen LogP contribution in [0.25, 0.3) is 0 Å². The van der Waals surface area contributed by atoms with E-state index in [1.165, 1.54) is 42.3 Å². The summed E-state index contributed by atoms with van der Waals surface area (Å²) in [6.45, 7) is 5.09. The van der Waals surface area contributed by atoms with Crippen LogP contribution in [0.5, 0.6) is 5.75 Å². The molecule has 0 radical (unpaired) electrons. The summed E-state index contributed by atoms with van der Waals surface area (Å²) < 4.78 is 33.9. The van der Waals surface area contributed by atoms with Crippen molar-refractivity contribution in [3.05, 3.63) is 87.9 Å². The molecule has 0 unspecified atom stereocenters. The number of carbonyl (C=O) groups excluding carboxylic acids is 2. The lowest BCUT2D eigenvalue weighted by atomic mass is 10.1. The lowest BCUT2D eigenvalue weighted by Gasteiger charge is -2.32. The molecular weight excluding hydrogens is 561 g/mol. The molecule has 0 bridgehead atoms. The van der Waals surface area contributed by atoms with E-state index in [1.807, 2.05) is 6.92 Å². The number of anilines is 1. The molecule has 0 aliphatic heterocycles. The van der Waals surface area contributed by atoms with Gasteiger partial charge in [0.1, 0.15) is 18.3 Å². The molecule has 1 atom stereocenters.